The smallest absolute Gasteiger partial charge is 0.0712 e. The zero-order valence-electron chi connectivity index (χ0n) is 6.85. The lowest BCUT2D eigenvalue weighted by Crippen LogP contribution is -1.79. The summed E-state index contributed by atoms with van der Waals surface area (Å²) in [6, 6.07) is 0. The molecule has 0 heterocycles. The Morgan fingerprint density at radius 1 is 1.60 bits per heavy atom. The maximum Gasteiger partial charge on any atom is 0.0712 e. The van der Waals surface area contributed by atoms with Crippen LogP contribution >= 0.6 is 0 Å². The van der Waals surface area contributed by atoms with Gasteiger partial charge in [-0.05, 0) is 31.4 Å². The van der Waals surface area contributed by atoms with Crippen molar-refractivity contribution >= 4 is 0 Å². The molecule has 0 saturated heterocycles. The van der Waals surface area contributed by atoms with Gasteiger partial charge in [0.2, 0.25) is 0 Å². The third-order valence-electron chi connectivity index (χ3n) is 1.29. The summed E-state index contributed by atoms with van der Waals surface area (Å²) in [5, 5.41) is 8.57. The van der Waals surface area contributed by atoms with Gasteiger partial charge in [-0.15, -0.1) is 5.73 Å². The molecule has 0 saturated carbocycles. The molecule has 0 aliphatic heterocycles. The van der Waals surface area contributed by atoms with Crippen LogP contribution in [0.3, 0.4) is 0 Å². The van der Waals surface area contributed by atoms with E-state index in [2.05, 4.69) is 12.7 Å². The molecular weight excluding hydrogens is 124 g/mol. The van der Waals surface area contributed by atoms with Crippen LogP contribution in [0, 0.1) is 0 Å². The lowest BCUT2D eigenvalue weighted by molar-refractivity contribution is 0.331. The van der Waals surface area contributed by atoms with Crippen LogP contribution in [-0.4, -0.2) is 11.7 Å². The van der Waals surface area contributed by atoms with E-state index >= 15 is 0 Å². The molecule has 0 aromatic heterocycles. The highest BCUT2D eigenvalue weighted by molar-refractivity contribution is 4.97. The number of hydrogen-bond acceptors (Lipinski definition) is 1. The van der Waals surface area contributed by atoms with Crippen LogP contribution in [0.4, 0.5) is 0 Å². The summed E-state index contributed by atoms with van der Waals surface area (Å²) in [7, 11) is 0. The second-order valence-corrected chi connectivity index (χ2v) is 2.43. The van der Waals surface area contributed by atoms with Gasteiger partial charge in [0.05, 0.1) is 6.61 Å². The monoisotopic (exact) mass is 140 g/mol. The molecule has 0 atom stereocenters. The van der Waals surface area contributed by atoms with Gasteiger partial charge in [-0.2, -0.15) is 0 Å². The molecule has 0 bridgehead atoms. The number of aliphatic hydroxyl groups excluding tert-OH is 1. The third kappa shape index (κ3) is 5.61. The summed E-state index contributed by atoms with van der Waals surface area (Å²) in [5.74, 6) is 0. The van der Waals surface area contributed by atoms with Gasteiger partial charge in [0.1, 0.15) is 0 Å². The molecule has 10 heavy (non-hydrogen) atoms. The van der Waals surface area contributed by atoms with Crippen LogP contribution in [0.1, 0.15) is 33.1 Å². The Morgan fingerprint density at radius 2 is 2.30 bits per heavy atom. The van der Waals surface area contributed by atoms with Crippen molar-refractivity contribution in [1.29, 1.82) is 0 Å². The first kappa shape index (κ1) is 9.48. The Bertz CT molecular complexity index is 130. The van der Waals surface area contributed by atoms with Gasteiger partial charge in [-0.3, -0.25) is 0 Å². The molecule has 0 amide bonds. The first-order valence-corrected chi connectivity index (χ1v) is 3.82. The summed E-state index contributed by atoms with van der Waals surface area (Å²) in [4.78, 5) is 0. The molecule has 0 rings (SSSR count). The molecule has 1 heteroatoms. The minimum atomic E-state index is 0.128. The Balaban J connectivity index is 3.52. The van der Waals surface area contributed by atoms with Crippen LogP contribution in [0.15, 0.2) is 17.4 Å². The van der Waals surface area contributed by atoms with Crippen molar-refractivity contribution in [3.05, 3.63) is 17.4 Å². The van der Waals surface area contributed by atoms with Crippen molar-refractivity contribution in [3.63, 3.8) is 0 Å². The van der Waals surface area contributed by atoms with E-state index in [9.17, 15) is 0 Å². The summed E-state index contributed by atoms with van der Waals surface area (Å²) in [6.45, 7) is 4.17. The van der Waals surface area contributed by atoms with E-state index in [1.54, 1.807) is 0 Å². The number of rotatable bonds is 4. The zero-order valence-corrected chi connectivity index (χ0v) is 6.85. The van der Waals surface area contributed by atoms with Crippen molar-refractivity contribution in [2.24, 2.45) is 0 Å². The predicted octanol–water partition coefficient (Wildman–Crippen LogP) is 2.27. The molecule has 1 nitrogen and oxygen atoms in total. The van der Waals surface area contributed by atoms with Crippen molar-refractivity contribution in [2.45, 2.75) is 33.1 Å². The van der Waals surface area contributed by atoms with Gasteiger partial charge in [-0.1, -0.05) is 13.3 Å². The van der Waals surface area contributed by atoms with E-state index in [0.29, 0.717) is 0 Å². The maximum absolute atomic E-state index is 8.57. The average molecular weight is 140 g/mol. The Hall–Kier alpha value is -0.520. The third-order valence-corrected chi connectivity index (χ3v) is 1.29. The van der Waals surface area contributed by atoms with Crippen molar-refractivity contribution in [3.8, 4) is 0 Å². The van der Waals surface area contributed by atoms with Gasteiger partial charge in [0.25, 0.3) is 0 Å². The van der Waals surface area contributed by atoms with Crippen LogP contribution in [0.2, 0.25) is 0 Å². The normalized spacial score (nSPS) is 8.70. The predicted molar refractivity (Wildman–Crippen MR) is 43.9 cm³/mol. The molecule has 0 unspecified atom stereocenters. The Labute approximate surface area is 63.1 Å². The minimum Gasteiger partial charge on any atom is -0.391 e. The van der Waals surface area contributed by atoms with Crippen LogP contribution in [0.25, 0.3) is 0 Å². The highest BCUT2D eigenvalue weighted by Crippen LogP contribution is 1.94. The molecule has 0 aromatic carbocycles. The second kappa shape index (κ2) is 6.60. The van der Waals surface area contributed by atoms with E-state index in [4.69, 9.17) is 5.11 Å². The molecule has 0 aliphatic rings. The molecule has 1 N–H and O–H groups in total. The van der Waals surface area contributed by atoms with Crippen molar-refractivity contribution in [1.82, 2.24) is 0 Å². The summed E-state index contributed by atoms with van der Waals surface area (Å²) < 4.78 is 0. The minimum absolute atomic E-state index is 0.128. The first-order chi connectivity index (χ1) is 4.81. The van der Waals surface area contributed by atoms with Gasteiger partial charge in [-0.25, -0.2) is 0 Å². The highest BCUT2D eigenvalue weighted by atomic mass is 16.3. The molecule has 0 radical (unpaired) electrons. The number of hydrogen-bond donors (Lipinski definition) is 1. The molecule has 0 fully saturated rings. The van der Waals surface area contributed by atoms with E-state index in [1.807, 2.05) is 13.0 Å². The fraction of sp³-hybridized carbons (Fsp3) is 0.667. The fourth-order valence-corrected chi connectivity index (χ4v) is 0.598. The van der Waals surface area contributed by atoms with Gasteiger partial charge >= 0.3 is 0 Å². The van der Waals surface area contributed by atoms with Gasteiger partial charge < -0.3 is 5.11 Å². The summed E-state index contributed by atoms with van der Waals surface area (Å²) >= 11 is 0. The Morgan fingerprint density at radius 3 is 2.80 bits per heavy atom. The van der Waals surface area contributed by atoms with E-state index in [0.717, 1.165) is 12.0 Å². The highest BCUT2D eigenvalue weighted by Gasteiger charge is 1.79. The average Bonchev–Trinajstić information content (AvgIpc) is 1.98. The molecule has 0 aliphatic carbocycles. The standard InChI is InChI=1S/C9H16O/c1-3-4-5-6-7-9(2)8-10/h6,10H,3-5,8H2,1-2H3. The van der Waals surface area contributed by atoms with E-state index < -0.39 is 0 Å². The molecule has 0 spiro atoms. The quantitative estimate of drug-likeness (QED) is 0.469. The van der Waals surface area contributed by atoms with Gasteiger partial charge in [0.15, 0.2) is 0 Å². The van der Waals surface area contributed by atoms with Crippen LogP contribution in [0.5, 0.6) is 0 Å². The molecular formula is C9H16O. The summed E-state index contributed by atoms with van der Waals surface area (Å²) in [6.07, 6.45) is 5.50. The maximum atomic E-state index is 8.57. The van der Waals surface area contributed by atoms with Crippen molar-refractivity contribution < 1.29 is 5.11 Å². The lowest BCUT2D eigenvalue weighted by Gasteiger charge is -1.86. The van der Waals surface area contributed by atoms with Crippen LogP contribution < -0.4 is 0 Å². The molecule has 0 aromatic rings. The topological polar surface area (TPSA) is 20.2 Å². The second-order valence-electron chi connectivity index (χ2n) is 2.43. The largest absolute Gasteiger partial charge is 0.391 e. The lowest BCUT2D eigenvalue weighted by atomic mass is 10.2. The Kier molecular flexibility index (Phi) is 6.25. The van der Waals surface area contributed by atoms with Gasteiger partial charge in [0, 0.05) is 0 Å². The molecule has 58 valence electrons. The van der Waals surface area contributed by atoms with E-state index in [-0.39, 0.29) is 6.61 Å². The zero-order chi connectivity index (χ0) is 7.82. The number of aliphatic hydroxyl groups is 1. The first-order valence-electron chi connectivity index (χ1n) is 3.82. The number of unbranched alkanes of at least 4 members (excludes halogenated alkanes) is 2. The SMILES string of the molecule is CCCCC=C=C(C)CO. The summed E-state index contributed by atoms with van der Waals surface area (Å²) in [5.41, 5.74) is 3.92. The van der Waals surface area contributed by atoms with Crippen molar-refractivity contribution in [2.75, 3.05) is 6.61 Å². The van der Waals surface area contributed by atoms with Crippen LogP contribution in [-0.2, 0) is 0 Å². The fourth-order valence-electron chi connectivity index (χ4n) is 0.598. The van der Waals surface area contributed by atoms with E-state index in [1.165, 1.54) is 12.8 Å².